The van der Waals surface area contributed by atoms with Gasteiger partial charge in [-0.25, -0.2) is 13.6 Å². The number of halogens is 1. The molecule has 0 aliphatic rings. The Morgan fingerprint density at radius 2 is 1.90 bits per heavy atom. The molecule has 0 aliphatic heterocycles. The van der Waals surface area contributed by atoms with E-state index in [1.165, 1.54) is 18.2 Å². The van der Waals surface area contributed by atoms with E-state index in [2.05, 4.69) is 0 Å². The van der Waals surface area contributed by atoms with Gasteiger partial charge in [-0.1, -0.05) is 24.4 Å². The fraction of sp³-hybridized carbons (Fsp3) is 0.500. The minimum absolute atomic E-state index is 0.0312. The van der Waals surface area contributed by atoms with E-state index >= 15 is 0 Å². The van der Waals surface area contributed by atoms with Crippen LogP contribution in [0.1, 0.15) is 25.7 Å². The number of sulfonamides is 1. The van der Waals surface area contributed by atoms with E-state index in [0.29, 0.717) is 25.9 Å². The molecule has 0 aliphatic carbocycles. The van der Waals surface area contributed by atoms with Crippen molar-refractivity contribution in [1.29, 1.82) is 0 Å². The normalized spacial score (nSPS) is 11.3. The molecule has 21 heavy (non-hydrogen) atoms. The molecule has 0 saturated carbocycles. The van der Waals surface area contributed by atoms with Gasteiger partial charge in [0.25, 0.3) is 0 Å². The second kappa shape index (κ2) is 8.16. The molecule has 0 amide bonds. The van der Waals surface area contributed by atoms with Crippen molar-refractivity contribution in [3.8, 4) is 5.75 Å². The zero-order chi connectivity index (χ0) is 15.9. The van der Waals surface area contributed by atoms with Gasteiger partial charge in [-0.05, 0) is 25.0 Å². The first-order chi connectivity index (χ1) is 9.79. The standard InChI is InChI=1S/C12H17ClN2O5S/c13-10-5-6-12(11(9-10)15(16)17)20-7-3-1-2-4-8-21(14,18)19/h5-6,9H,1-4,7-8H2,(H2,14,18,19). The van der Waals surface area contributed by atoms with Gasteiger partial charge in [0.15, 0.2) is 5.75 Å². The number of hydrogen-bond acceptors (Lipinski definition) is 5. The van der Waals surface area contributed by atoms with Crippen molar-refractivity contribution >= 4 is 27.3 Å². The van der Waals surface area contributed by atoms with Crippen molar-refractivity contribution in [3.63, 3.8) is 0 Å². The number of primary sulfonamides is 1. The predicted molar refractivity (Wildman–Crippen MR) is 80.0 cm³/mol. The Bertz CT molecular complexity index is 591. The van der Waals surface area contributed by atoms with E-state index in [1.54, 1.807) is 0 Å². The van der Waals surface area contributed by atoms with E-state index in [0.717, 1.165) is 6.42 Å². The van der Waals surface area contributed by atoms with E-state index in [4.69, 9.17) is 21.5 Å². The van der Waals surface area contributed by atoms with Gasteiger partial charge in [-0.2, -0.15) is 0 Å². The molecule has 2 N–H and O–H groups in total. The number of rotatable bonds is 9. The van der Waals surface area contributed by atoms with Crippen molar-refractivity contribution in [2.75, 3.05) is 12.4 Å². The molecule has 118 valence electrons. The Hall–Kier alpha value is -1.38. The smallest absolute Gasteiger partial charge is 0.312 e. The van der Waals surface area contributed by atoms with E-state index in [-0.39, 0.29) is 22.2 Å². The zero-order valence-electron chi connectivity index (χ0n) is 11.3. The molecule has 0 aromatic heterocycles. The van der Waals surface area contributed by atoms with Crippen LogP contribution in [0.4, 0.5) is 5.69 Å². The summed E-state index contributed by atoms with van der Waals surface area (Å²) in [6.45, 7) is 0.317. The average Bonchev–Trinajstić information content (AvgIpc) is 2.37. The number of nitrogens with two attached hydrogens (primary N) is 1. The van der Waals surface area contributed by atoms with Crippen LogP contribution in [0.25, 0.3) is 0 Å². The molecule has 1 aromatic carbocycles. The quantitative estimate of drug-likeness (QED) is 0.423. The minimum Gasteiger partial charge on any atom is -0.487 e. The maximum absolute atomic E-state index is 10.8. The van der Waals surface area contributed by atoms with Crippen molar-refractivity contribution in [2.24, 2.45) is 5.14 Å². The average molecular weight is 337 g/mol. The van der Waals surface area contributed by atoms with Crippen LogP contribution in [0.3, 0.4) is 0 Å². The summed E-state index contributed by atoms with van der Waals surface area (Å²) in [5, 5.41) is 16.0. The first-order valence-corrected chi connectivity index (χ1v) is 8.46. The summed E-state index contributed by atoms with van der Waals surface area (Å²) in [5.41, 5.74) is -0.170. The number of hydrogen-bond donors (Lipinski definition) is 1. The molecule has 0 saturated heterocycles. The SMILES string of the molecule is NS(=O)(=O)CCCCCCOc1ccc(Cl)cc1[N+](=O)[O-]. The summed E-state index contributed by atoms with van der Waals surface area (Å²) in [4.78, 5) is 10.3. The second-order valence-electron chi connectivity index (χ2n) is 4.50. The number of nitro benzene ring substituents is 1. The Balaban J connectivity index is 2.32. The third-order valence-corrected chi connectivity index (χ3v) is 3.79. The van der Waals surface area contributed by atoms with Gasteiger partial charge < -0.3 is 4.74 Å². The molecule has 0 radical (unpaired) electrons. The third kappa shape index (κ3) is 7.26. The Labute approximate surface area is 128 Å². The van der Waals surface area contributed by atoms with Crippen LogP contribution in [0.5, 0.6) is 5.75 Å². The fourth-order valence-electron chi connectivity index (χ4n) is 1.70. The van der Waals surface area contributed by atoms with E-state index in [1.807, 2.05) is 0 Å². The molecule has 0 fully saturated rings. The lowest BCUT2D eigenvalue weighted by molar-refractivity contribution is -0.385. The Morgan fingerprint density at radius 3 is 2.52 bits per heavy atom. The maximum atomic E-state index is 10.8. The summed E-state index contributed by atoms with van der Waals surface area (Å²) in [5.74, 6) is 0.144. The Kier molecular flexibility index (Phi) is 6.86. The molecular formula is C12H17ClN2O5S. The largest absolute Gasteiger partial charge is 0.487 e. The highest BCUT2D eigenvalue weighted by Gasteiger charge is 2.15. The monoisotopic (exact) mass is 336 g/mol. The fourth-order valence-corrected chi connectivity index (χ4v) is 2.47. The van der Waals surface area contributed by atoms with Crippen molar-refractivity contribution < 1.29 is 18.1 Å². The van der Waals surface area contributed by atoms with Gasteiger partial charge in [0.2, 0.25) is 10.0 Å². The van der Waals surface area contributed by atoms with E-state index in [9.17, 15) is 18.5 Å². The molecule has 0 atom stereocenters. The summed E-state index contributed by atoms with van der Waals surface area (Å²) in [6.07, 6.45) is 2.64. The zero-order valence-corrected chi connectivity index (χ0v) is 12.9. The number of nitrogens with zero attached hydrogens (tertiary/aromatic N) is 1. The van der Waals surface area contributed by atoms with Gasteiger partial charge in [-0.15, -0.1) is 0 Å². The summed E-state index contributed by atoms with van der Waals surface area (Å²) < 4.78 is 26.8. The lowest BCUT2D eigenvalue weighted by Crippen LogP contribution is -2.16. The highest BCUT2D eigenvalue weighted by molar-refractivity contribution is 7.89. The molecule has 0 heterocycles. The van der Waals surface area contributed by atoms with Gasteiger partial charge in [0, 0.05) is 11.1 Å². The summed E-state index contributed by atoms with van der Waals surface area (Å²) in [6, 6.07) is 4.22. The van der Waals surface area contributed by atoms with Crippen LogP contribution in [0, 0.1) is 10.1 Å². The number of unbranched alkanes of at least 4 members (excludes halogenated alkanes) is 3. The van der Waals surface area contributed by atoms with Crippen LogP contribution >= 0.6 is 11.6 Å². The second-order valence-corrected chi connectivity index (χ2v) is 6.67. The highest BCUT2D eigenvalue weighted by Crippen LogP contribution is 2.29. The molecule has 0 bridgehead atoms. The highest BCUT2D eigenvalue weighted by atomic mass is 35.5. The lowest BCUT2D eigenvalue weighted by Gasteiger charge is -2.07. The molecular weight excluding hydrogens is 320 g/mol. The number of benzene rings is 1. The van der Waals surface area contributed by atoms with Gasteiger partial charge in [0.1, 0.15) is 0 Å². The molecule has 7 nitrogen and oxygen atoms in total. The van der Waals surface area contributed by atoms with Gasteiger partial charge >= 0.3 is 5.69 Å². The van der Waals surface area contributed by atoms with Gasteiger partial charge in [0.05, 0.1) is 17.3 Å². The van der Waals surface area contributed by atoms with Crippen LogP contribution < -0.4 is 9.88 Å². The summed E-state index contributed by atoms with van der Waals surface area (Å²) >= 11 is 5.70. The van der Waals surface area contributed by atoms with Gasteiger partial charge in [-0.3, -0.25) is 10.1 Å². The van der Waals surface area contributed by atoms with Crippen LogP contribution in [-0.2, 0) is 10.0 Å². The lowest BCUT2D eigenvalue weighted by atomic mass is 10.2. The maximum Gasteiger partial charge on any atom is 0.312 e. The number of ether oxygens (including phenoxy) is 1. The minimum atomic E-state index is -3.40. The van der Waals surface area contributed by atoms with Crippen LogP contribution in [0.2, 0.25) is 5.02 Å². The molecule has 1 aromatic rings. The number of nitro groups is 1. The van der Waals surface area contributed by atoms with E-state index < -0.39 is 14.9 Å². The predicted octanol–water partition coefficient (Wildman–Crippen LogP) is 2.48. The van der Waals surface area contributed by atoms with Crippen molar-refractivity contribution in [2.45, 2.75) is 25.7 Å². The first kappa shape index (κ1) is 17.7. The van der Waals surface area contributed by atoms with Crippen molar-refractivity contribution in [3.05, 3.63) is 33.3 Å². The third-order valence-electron chi connectivity index (χ3n) is 2.70. The van der Waals surface area contributed by atoms with Crippen LogP contribution in [0.15, 0.2) is 18.2 Å². The van der Waals surface area contributed by atoms with Crippen LogP contribution in [-0.4, -0.2) is 25.7 Å². The molecule has 0 spiro atoms. The first-order valence-electron chi connectivity index (χ1n) is 6.37. The Morgan fingerprint density at radius 1 is 1.24 bits per heavy atom. The summed E-state index contributed by atoms with van der Waals surface area (Å²) in [7, 11) is -3.40. The topological polar surface area (TPSA) is 113 Å². The molecule has 0 unspecified atom stereocenters. The molecule has 1 rings (SSSR count). The molecule has 9 heteroatoms. The van der Waals surface area contributed by atoms with Crippen molar-refractivity contribution in [1.82, 2.24) is 0 Å².